The number of benzene rings is 2. The Kier molecular flexibility index (Phi) is 11.3. The highest BCUT2D eigenvalue weighted by molar-refractivity contribution is 5.87. The van der Waals surface area contributed by atoms with Crippen molar-refractivity contribution < 1.29 is 19.6 Å². The Morgan fingerprint density at radius 1 is 1.00 bits per heavy atom. The van der Waals surface area contributed by atoms with Crippen molar-refractivity contribution in [3.05, 3.63) is 75.8 Å². The van der Waals surface area contributed by atoms with Crippen LogP contribution in [0.4, 0.5) is 10.5 Å². The number of piperidine rings is 1. The monoisotopic (exact) mass is 511 g/mol. The van der Waals surface area contributed by atoms with Crippen LogP contribution in [0.3, 0.4) is 0 Å². The predicted octanol–water partition coefficient (Wildman–Crippen LogP) is 2.35. The molecule has 1 aliphatic heterocycles. The van der Waals surface area contributed by atoms with Gasteiger partial charge in [-0.25, -0.2) is 4.79 Å². The van der Waals surface area contributed by atoms with Crippen LogP contribution < -0.4 is 10.6 Å². The molecule has 200 valence electrons. The highest BCUT2D eigenvalue weighted by Crippen LogP contribution is 2.14. The summed E-state index contributed by atoms with van der Waals surface area (Å²) in [6, 6.07) is 14.4. The molecule has 1 heterocycles. The van der Waals surface area contributed by atoms with Crippen molar-refractivity contribution in [2.75, 3.05) is 45.9 Å². The fraction of sp³-hybridized carbons (Fsp3) is 0.481. The maximum atomic E-state index is 13.2. The van der Waals surface area contributed by atoms with Gasteiger partial charge < -0.3 is 25.5 Å². The van der Waals surface area contributed by atoms with Gasteiger partial charge in [0.2, 0.25) is 5.91 Å². The second-order valence-corrected chi connectivity index (χ2v) is 9.27. The molecule has 3 N–H and O–H groups in total. The minimum Gasteiger partial charge on any atom is -0.395 e. The van der Waals surface area contributed by atoms with Crippen molar-refractivity contribution in [2.24, 2.45) is 0 Å². The summed E-state index contributed by atoms with van der Waals surface area (Å²) >= 11 is 0. The van der Waals surface area contributed by atoms with Crippen molar-refractivity contribution in [2.45, 2.75) is 38.1 Å². The highest BCUT2D eigenvalue weighted by Gasteiger charge is 2.24. The molecule has 1 unspecified atom stereocenters. The Morgan fingerprint density at radius 2 is 1.70 bits per heavy atom. The van der Waals surface area contributed by atoms with Crippen LogP contribution in [0, 0.1) is 10.1 Å². The third-order valence-electron chi connectivity index (χ3n) is 6.55. The van der Waals surface area contributed by atoms with Gasteiger partial charge in [0.15, 0.2) is 0 Å². The summed E-state index contributed by atoms with van der Waals surface area (Å²) in [5.74, 6) is -0.310. The fourth-order valence-corrected chi connectivity index (χ4v) is 4.43. The molecule has 0 saturated carbocycles. The molecule has 1 aliphatic rings. The molecule has 0 aliphatic carbocycles. The van der Waals surface area contributed by atoms with E-state index in [9.17, 15) is 24.8 Å². The number of urea groups is 1. The van der Waals surface area contributed by atoms with E-state index in [1.54, 1.807) is 12.1 Å². The smallest absolute Gasteiger partial charge is 0.318 e. The predicted molar refractivity (Wildman–Crippen MR) is 141 cm³/mol. The van der Waals surface area contributed by atoms with E-state index in [1.165, 1.54) is 23.5 Å². The third-order valence-corrected chi connectivity index (χ3v) is 6.55. The summed E-state index contributed by atoms with van der Waals surface area (Å²) in [7, 11) is 0. The average molecular weight is 512 g/mol. The lowest BCUT2D eigenvalue weighted by molar-refractivity contribution is -0.384. The van der Waals surface area contributed by atoms with Gasteiger partial charge in [-0.05, 0) is 43.5 Å². The molecule has 2 aromatic carbocycles. The summed E-state index contributed by atoms with van der Waals surface area (Å²) in [5, 5.41) is 26.3. The molecule has 1 atom stereocenters. The Balaban J connectivity index is 1.65. The molecule has 3 rings (SSSR count). The molecule has 37 heavy (non-hydrogen) atoms. The number of nitrogens with zero attached hydrogens (tertiary/aromatic N) is 3. The quantitative estimate of drug-likeness (QED) is 0.280. The van der Waals surface area contributed by atoms with E-state index in [4.69, 9.17) is 0 Å². The lowest BCUT2D eigenvalue weighted by Gasteiger charge is -2.28. The number of hydrogen-bond donors (Lipinski definition) is 3. The molecule has 0 bridgehead atoms. The van der Waals surface area contributed by atoms with Crippen molar-refractivity contribution in [1.82, 2.24) is 20.4 Å². The summed E-state index contributed by atoms with van der Waals surface area (Å²) in [6.45, 7) is 3.60. The first-order valence-electron chi connectivity index (χ1n) is 12.9. The molecule has 0 spiro atoms. The second kappa shape index (κ2) is 14.9. The van der Waals surface area contributed by atoms with Gasteiger partial charge in [0.05, 0.1) is 11.5 Å². The number of likely N-dealkylation sites (tertiary alicyclic amines) is 1. The van der Waals surface area contributed by atoms with Gasteiger partial charge in [0, 0.05) is 44.7 Å². The molecular formula is C27H37N5O5. The highest BCUT2D eigenvalue weighted by atomic mass is 16.6. The van der Waals surface area contributed by atoms with Gasteiger partial charge in [0.1, 0.15) is 6.04 Å². The molecule has 0 radical (unpaired) electrons. The third kappa shape index (κ3) is 9.47. The first-order valence-corrected chi connectivity index (χ1v) is 12.9. The van der Waals surface area contributed by atoms with Crippen LogP contribution in [0.5, 0.6) is 0 Å². The van der Waals surface area contributed by atoms with Crippen LogP contribution >= 0.6 is 0 Å². The van der Waals surface area contributed by atoms with Crippen molar-refractivity contribution in [1.29, 1.82) is 0 Å². The number of aliphatic hydroxyl groups excluding tert-OH is 1. The molecule has 2 aromatic rings. The number of rotatable bonds is 13. The van der Waals surface area contributed by atoms with Crippen molar-refractivity contribution in [3.8, 4) is 0 Å². The standard InChI is InChI=1S/C27H37N5O5/c33-20-19-31(17-13-22-7-3-1-4-8-22)27(35)29-25(21-23-9-11-24(12-10-23)32(36)37)26(34)28-14-18-30-15-5-2-6-16-30/h1,3-4,7-12,25,33H,2,5-6,13-21H2,(H,28,34)(H,29,35). The average Bonchev–Trinajstić information content (AvgIpc) is 2.92. The summed E-state index contributed by atoms with van der Waals surface area (Å²) in [5.41, 5.74) is 1.72. The van der Waals surface area contributed by atoms with Gasteiger partial charge in [-0.2, -0.15) is 0 Å². The zero-order valence-electron chi connectivity index (χ0n) is 21.2. The Hall–Kier alpha value is -3.50. The van der Waals surface area contributed by atoms with Gasteiger partial charge in [-0.3, -0.25) is 14.9 Å². The molecule has 3 amide bonds. The number of nitro benzene ring substituents is 1. The molecular weight excluding hydrogens is 474 g/mol. The molecule has 0 aromatic heterocycles. The van der Waals surface area contributed by atoms with Crippen LogP contribution in [0.25, 0.3) is 0 Å². The number of hydrogen-bond acceptors (Lipinski definition) is 6. The zero-order chi connectivity index (χ0) is 26.5. The SMILES string of the molecule is O=C(NCCN1CCCCC1)C(Cc1ccc([N+](=O)[O-])cc1)NC(=O)N(CCO)CCc1ccccc1. The fourth-order valence-electron chi connectivity index (χ4n) is 4.43. The Labute approximate surface area is 217 Å². The number of nitro groups is 1. The van der Waals surface area contributed by atoms with Gasteiger partial charge in [-0.1, -0.05) is 48.9 Å². The van der Waals surface area contributed by atoms with E-state index >= 15 is 0 Å². The lowest BCUT2D eigenvalue weighted by atomic mass is 10.0. The van der Waals surface area contributed by atoms with Crippen LogP contribution in [0.1, 0.15) is 30.4 Å². The maximum absolute atomic E-state index is 13.2. The van der Waals surface area contributed by atoms with E-state index in [2.05, 4.69) is 15.5 Å². The van der Waals surface area contributed by atoms with Crippen LogP contribution in [0.15, 0.2) is 54.6 Å². The van der Waals surface area contributed by atoms with Gasteiger partial charge >= 0.3 is 6.03 Å². The largest absolute Gasteiger partial charge is 0.395 e. The van der Waals surface area contributed by atoms with E-state index < -0.39 is 17.0 Å². The van der Waals surface area contributed by atoms with E-state index in [1.807, 2.05) is 30.3 Å². The minimum atomic E-state index is -0.867. The number of amides is 3. The first-order chi connectivity index (χ1) is 18.0. The van der Waals surface area contributed by atoms with Crippen LogP contribution in [-0.4, -0.2) is 83.7 Å². The first kappa shape index (κ1) is 28.1. The summed E-state index contributed by atoms with van der Waals surface area (Å²) < 4.78 is 0. The molecule has 10 nitrogen and oxygen atoms in total. The van der Waals surface area contributed by atoms with Crippen LogP contribution in [0.2, 0.25) is 0 Å². The number of nitrogens with one attached hydrogen (secondary N) is 2. The number of carbonyl (C=O) groups is 2. The Morgan fingerprint density at radius 3 is 2.35 bits per heavy atom. The second-order valence-electron chi connectivity index (χ2n) is 9.27. The number of aliphatic hydroxyl groups is 1. The minimum absolute atomic E-state index is 0.0367. The Bertz CT molecular complexity index is 996. The molecule has 1 fully saturated rings. The number of carbonyl (C=O) groups excluding carboxylic acids is 2. The van der Waals surface area contributed by atoms with E-state index in [-0.39, 0.29) is 31.2 Å². The van der Waals surface area contributed by atoms with Gasteiger partial charge in [0.25, 0.3) is 5.69 Å². The topological polar surface area (TPSA) is 128 Å². The normalized spacial score (nSPS) is 14.5. The number of non-ortho nitro benzene ring substituents is 1. The van der Waals surface area contributed by atoms with E-state index in [0.717, 1.165) is 38.0 Å². The summed E-state index contributed by atoms with van der Waals surface area (Å²) in [6.07, 6.45) is 4.36. The molecule has 1 saturated heterocycles. The lowest BCUT2D eigenvalue weighted by Crippen LogP contribution is -2.53. The summed E-state index contributed by atoms with van der Waals surface area (Å²) in [4.78, 5) is 40.6. The molecule has 10 heteroatoms. The van der Waals surface area contributed by atoms with Crippen LogP contribution in [-0.2, 0) is 17.6 Å². The van der Waals surface area contributed by atoms with Crippen molar-refractivity contribution in [3.63, 3.8) is 0 Å². The van der Waals surface area contributed by atoms with Gasteiger partial charge in [-0.15, -0.1) is 0 Å². The zero-order valence-corrected chi connectivity index (χ0v) is 21.2. The maximum Gasteiger partial charge on any atom is 0.318 e. The van der Waals surface area contributed by atoms with E-state index in [0.29, 0.717) is 25.1 Å². The van der Waals surface area contributed by atoms with Crippen molar-refractivity contribution >= 4 is 17.6 Å².